The number of aryl methyl sites for hydroxylation is 1. The minimum atomic E-state index is -0.772. The van der Waals surface area contributed by atoms with Crippen LogP contribution in [0.4, 0.5) is 0 Å². The maximum absolute atomic E-state index is 11.2. The van der Waals surface area contributed by atoms with E-state index in [1.165, 1.54) is 5.54 Å². The fourth-order valence-corrected chi connectivity index (χ4v) is 1.87. The summed E-state index contributed by atoms with van der Waals surface area (Å²) in [6.45, 7) is 3.85. The van der Waals surface area contributed by atoms with Gasteiger partial charge in [-0.2, -0.15) is 0 Å². The van der Waals surface area contributed by atoms with Crippen molar-refractivity contribution in [3.8, 4) is 0 Å². The van der Waals surface area contributed by atoms with Crippen molar-refractivity contribution in [2.75, 3.05) is 0 Å². The number of carbonyl (C=O) groups is 1. The summed E-state index contributed by atoms with van der Waals surface area (Å²) in [7, 11) is 0. The zero-order valence-electron chi connectivity index (χ0n) is 10.1. The van der Waals surface area contributed by atoms with E-state index in [4.69, 9.17) is 11.6 Å². The number of hydrogen-bond donors (Lipinski definition) is 1. The third kappa shape index (κ3) is 4.23. The number of aliphatic carboxylic acids is 1. The molecule has 0 aliphatic rings. The van der Waals surface area contributed by atoms with E-state index in [0.29, 0.717) is 12.8 Å². The molecule has 0 aliphatic heterocycles. The van der Waals surface area contributed by atoms with Gasteiger partial charge in [-0.1, -0.05) is 41.4 Å². The monoisotopic (exact) mass is 252 g/mol. The summed E-state index contributed by atoms with van der Waals surface area (Å²) < 4.78 is 0. The first kappa shape index (κ1) is 13.8. The lowest BCUT2D eigenvalue weighted by molar-refractivity contribution is -0.141. The molecule has 0 bridgehead atoms. The molecule has 0 spiro atoms. The van der Waals surface area contributed by atoms with Crippen molar-refractivity contribution in [1.82, 2.24) is 0 Å². The van der Waals surface area contributed by atoms with Gasteiger partial charge in [0.15, 0.2) is 0 Å². The highest BCUT2D eigenvalue weighted by Gasteiger charge is 2.19. The fraction of sp³-hybridized carbons (Fsp3) is 0.357. The lowest BCUT2D eigenvalue weighted by atomic mass is 9.91. The number of carboxylic acid groups (broad SMARTS) is 1. The largest absolute Gasteiger partial charge is 0.481 e. The summed E-state index contributed by atoms with van der Waals surface area (Å²) in [5, 5.41) is 9.20. The lowest BCUT2D eigenvalue weighted by Gasteiger charge is -2.14. The quantitative estimate of drug-likeness (QED) is 0.866. The van der Waals surface area contributed by atoms with Crippen LogP contribution in [0.15, 0.2) is 35.4 Å². The van der Waals surface area contributed by atoms with Crippen molar-refractivity contribution >= 4 is 17.6 Å². The molecule has 1 aromatic rings. The van der Waals surface area contributed by atoms with E-state index in [9.17, 15) is 9.90 Å². The van der Waals surface area contributed by atoms with Crippen LogP contribution in [0.3, 0.4) is 0 Å². The molecule has 1 rings (SSSR count). The van der Waals surface area contributed by atoms with Gasteiger partial charge in [-0.25, -0.2) is 0 Å². The average molecular weight is 253 g/mol. The Kier molecular flexibility index (Phi) is 5.23. The summed E-state index contributed by atoms with van der Waals surface area (Å²) in [5.41, 5.74) is 4.56. The molecular weight excluding hydrogens is 236 g/mol. The first-order valence-electron chi connectivity index (χ1n) is 5.57. The molecule has 1 N–H and O–H groups in total. The third-order valence-electron chi connectivity index (χ3n) is 2.83. The molecule has 0 fully saturated rings. The minimum absolute atomic E-state index is 0.411. The van der Waals surface area contributed by atoms with Crippen LogP contribution in [-0.4, -0.2) is 11.1 Å². The van der Waals surface area contributed by atoms with Gasteiger partial charge in [-0.15, -0.1) is 0 Å². The van der Waals surface area contributed by atoms with Crippen LogP contribution in [0.1, 0.15) is 24.5 Å². The van der Waals surface area contributed by atoms with Crippen molar-refractivity contribution in [3.05, 3.63) is 46.5 Å². The van der Waals surface area contributed by atoms with Crippen molar-refractivity contribution in [2.24, 2.45) is 5.92 Å². The number of benzene rings is 1. The molecule has 0 amide bonds. The Morgan fingerprint density at radius 3 is 2.65 bits per heavy atom. The molecule has 0 saturated carbocycles. The van der Waals surface area contributed by atoms with Crippen LogP contribution in [0, 0.1) is 12.8 Å². The van der Waals surface area contributed by atoms with Crippen LogP contribution in [0.25, 0.3) is 0 Å². The van der Waals surface area contributed by atoms with Gasteiger partial charge in [-0.05, 0) is 37.8 Å². The van der Waals surface area contributed by atoms with E-state index >= 15 is 0 Å². The van der Waals surface area contributed by atoms with E-state index < -0.39 is 11.9 Å². The number of rotatable bonds is 5. The van der Waals surface area contributed by atoms with Crippen LogP contribution in [0.2, 0.25) is 0 Å². The van der Waals surface area contributed by atoms with E-state index in [-0.39, 0.29) is 0 Å². The molecule has 0 radical (unpaired) electrons. The SMILES string of the molecule is C/C(=C/Cl)CC(Cc1ccccc1C)C(=O)O. The smallest absolute Gasteiger partial charge is 0.307 e. The van der Waals surface area contributed by atoms with Gasteiger partial charge in [0.1, 0.15) is 0 Å². The topological polar surface area (TPSA) is 37.3 Å². The first-order chi connectivity index (χ1) is 8.04. The van der Waals surface area contributed by atoms with Crippen molar-refractivity contribution < 1.29 is 9.90 Å². The molecule has 0 aromatic heterocycles. The van der Waals surface area contributed by atoms with Gasteiger partial charge in [-0.3, -0.25) is 4.79 Å². The summed E-state index contributed by atoms with van der Waals surface area (Å²) >= 11 is 5.58. The van der Waals surface area contributed by atoms with Crippen molar-refractivity contribution in [2.45, 2.75) is 26.7 Å². The molecule has 92 valence electrons. The Balaban J connectivity index is 2.81. The Hall–Kier alpha value is -1.28. The second-order valence-corrected chi connectivity index (χ2v) is 4.54. The Labute approximate surface area is 107 Å². The van der Waals surface area contributed by atoms with E-state index in [1.54, 1.807) is 0 Å². The van der Waals surface area contributed by atoms with Crippen molar-refractivity contribution in [1.29, 1.82) is 0 Å². The maximum atomic E-state index is 11.2. The highest BCUT2D eigenvalue weighted by molar-refractivity contribution is 6.25. The molecule has 1 atom stereocenters. The van der Waals surface area contributed by atoms with Crippen molar-refractivity contribution in [3.63, 3.8) is 0 Å². The normalized spacial score (nSPS) is 13.5. The minimum Gasteiger partial charge on any atom is -0.481 e. The van der Waals surface area contributed by atoms with Crippen LogP contribution in [-0.2, 0) is 11.2 Å². The first-order valence-corrected chi connectivity index (χ1v) is 6.01. The molecule has 0 heterocycles. The van der Waals surface area contributed by atoms with Crippen LogP contribution < -0.4 is 0 Å². The summed E-state index contributed by atoms with van der Waals surface area (Å²) in [4.78, 5) is 11.2. The number of carboxylic acids is 1. The number of allylic oxidation sites excluding steroid dienone is 1. The maximum Gasteiger partial charge on any atom is 0.307 e. The molecule has 1 unspecified atom stereocenters. The number of halogens is 1. The average Bonchev–Trinajstić information content (AvgIpc) is 2.30. The van der Waals surface area contributed by atoms with Gasteiger partial charge >= 0.3 is 5.97 Å². The zero-order valence-corrected chi connectivity index (χ0v) is 10.9. The van der Waals surface area contributed by atoms with Crippen LogP contribution >= 0.6 is 11.6 Å². The molecule has 17 heavy (non-hydrogen) atoms. The predicted octanol–water partition coefficient (Wildman–Crippen LogP) is 3.77. The van der Waals surface area contributed by atoms with Gasteiger partial charge < -0.3 is 5.11 Å². The van der Waals surface area contributed by atoms with E-state index in [2.05, 4.69) is 0 Å². The molecular formula is C14H17ClO2. The van der Waals surface area contributed by atoms with Gasteiger partial charge in [0, 0.05) is 5.54 Å². The lowest BCUT2D eigenvalue weighted by Crippen LogP contribution is -2.17. The molecule has 0 aliphatic carbocycles. The highest BCUT2D eigenvalue weighted by Crippen LogP contribution is 2.20. The number of hydrogen-bond acceptors (Lipinski definition) is 1. The van der Waals surface area contributed by atoms with E-state index in [1.807, 2.05) is 38.1 Å². The van der Waals surface area contributed by atoms with Crippen LogP contribution in [0.5, 0.6) is 0 Å². The Morgan fingerprint density at radius 1 is 1.47 bits per heavy atom. The predicted molar refractivity (Wildman–Crippen MR) is 70.2 cm³/mol. The second-order valence-electron chi connectivity index (χ2n) is 4.33. The summed E-state index contributed by atoms with van der Waals surface area (Å²) in [5.74, 6) is -1.18. The van der Waals surface area contributed by atoms with Gasteiger partial charge in [0.2, 0.25) is 0 Å². The Bertz CT molecular complexity index is 424. The van der Waals surface area contributed by atoms with Gasteiger partial charge in [0.25, 0.3) is 0 Å². The highest BCUT2D eigenvalue weighted by atomic mass is 35.5. The summed E-state index contributed by atoms with van der Waals surface area (Å²) in [6, 6.07) is 7.87. The molecule has 0 saturated heterocycles. The Morgan fingerprint density at radius 2 is 2.12 bits per heavy atom. The summed E-state index contributed by atoms with van der Waals surface area (Å²) in [6.07, 6.45) is 1.04. The standard InChI is InChI=1S/C14H17ClO2/c1-10(9-15)7-13(14(16)17)8-12-6-4-3-5-11(12)2/h3-6,9,13H,7-8H2,1-2H3,(H,16,17)/b10-9-. The fourth-order valence-electron chi connectivity index (χ4n) is 1.78. The zero-order chi connectivity index (χ0) is 12.8. The van der Waals surface area contributed by atoms with Gasteiger partial charge in [0.05, 0.1) is 5.92 Å². The molecule has 2 nitrogen and oxygen atoms in total. The third-order valence-corrected chi connectivity index (χ3v) is 3.20. The molecule has 1 aromatic carbocycles. The second kappa shape index (κ2) is 6.45. The molecule has 3 heteroatoms. The van der Waals surface area contributed by atoms with E-state index in [0.717, 1.165) is 16.7 Å².